The van der Waals surface area contributed by atoms with E-state index in [0.29, 0.717) is 19.6 Å². The van der Waals surface area contributed by atoms with E-state index < -0.39 is 18.0 Å². The number of carbonyl (C=O) groups is 2. The molecule has 0 heterocycles. The van der Waals surface area contributed by atoms with Gasteiger partial charge in [0.1, 0.15) is 11.8 Å². The molecule has 1 atom stereocenters. The third-order valence-electron chi connectivity index (χ3n) is 4.88. The molecule has 152 valence electrons. The van der Waals surface area contributed by atoms with Crippen molar-refractivity contribution >= 4 is 11.9 Å². The number of ether oxygens (including phenoxy) is 1. The van der Waals surface area contributed by atoms with Gasteiger partial charge in [0.2, 0.25) is 0 Å². The van der Waals surface area contributed by atoms with Crippen LogP contribution in [0.4, 0.5) is 0 Å². The van der Waals surface area contributed by atoms with Crippen LogP contribution in [0.1, 0.15) is 51.0 Å². The first-order valence-corrected chi connectivity index (χ1v) is 9.44. The Morgan fingerprint density at radius 1 is 1.15 bits per heavy atom. The van der Waals surface area contributed by atoms with E-state index in [1.54, 1.807) is 0 Å². The zero-order valence-corrected chi connectivity index (χ0v) is 16.0. The molecule has 1 aliphatic rings. The lowest BCUT2D eigenvalue weighted by molar-refractivity contribution is -0.140. The minimum absolute atomic E-state index is 0.0793. The molecule has 2 rings (SSSR count). The van der Waals surface area contributed by atoms with E-state index in [0.717, 1.165) is 37.0 Å². The smallest absolute Gasteiger partial charge is 0.320 e. The Kier molecular flexibility index (Phi) is 9.82. The molecule has 0 bridgehead atoms. The second-order valence-electron chi connectivity index (χ2n) is 7.06. The summed E-state index contributed by atoms with van der Waals surface area (Å²) in [7, 11) is 0. The summed E-state index contributed by atoms with van der Waals surface area (Å²) in [5.74, 6) is -0.906. The summed E-state index contributed by atoms with van der Waals surface area (Å²) in [6.45, 7) is 3.06. The summed E-state index contributed by atoms with van der Waals surface area (Å²) in [6.07, 6.45) is 6.10. The Hall–Kier alpha value is -2.12. The highest BCUT2D eigenvalue weighted by molar-refractivity contribution is 5.73. The van der Waals surface area contributed by atoms with Crippen molar-refractivity contribution in [2.45, 2.75) is 57.9 Å². The van der Waals surface area contributed by atoms with Crippen molar-refractivity contribution in [2.24, 2.45) is 16.9 Å². The van der Waals surface area contributed by atoms with E-state index in [9.17, 15) is 9.59 Å². The molecule has 1 saturated carbocycles. The summed E-state index contributed by atoms with van der Waals surface area (Å²) in [4.78, 5) is 21.1. The zero-order chi connectivity index (χ0) is 20.3. The molecule has 1 aliphatic carbocycles. The van der Waals surface area contributed by atoms with Crippen LogP contribution in [0.3, 0.4) is 0 Å². The first kappa shape index (κ1) is 22.9. The van der Waals surface area contributed by atoms with Crippen molar-refractivity contribution < 1.29 is 24.5 Å². The lowest BCUT2D eigenvalue weighted by atomic mass is 9.72. The van der Waals surface area contributed by atoms with Crippen molar-refractivity contribution in [3.63, 3.8) is 0 Å². The molecule has 1 aromatic rings. The number of aliphatic carboxylic acids is 2. The second kappa shape index (κ2) is 11.6. The fraction of sp³-hybridized carbons (Fsp3) is 0.600. The summed E-state index contributed by atoms with van der Waals surface area (Å²) < 4.78 is 5.27. The fourth-order valence-corrected chi connectivity index (χ4v) is 3.31. The van der Waals surface area contributed by atoms with Crippen LogP contribution in [-0.4, -0.2) is 41.3 Å². The average molecular weight is 380 g/mol. The zero-order valence-electron chi connectivity index (χ0n) is 16.0. The second-order valence-corrected chi connectivity index (χ2v) is 7.06. The Morgan fingerprint density at radius 2 is 1.74 bits per heavy atom. The molecule has 6 N–H and O–H groups in total. The molecule has 27 heavy (non-hydrogen) atoms. The van der Waals surface area contributed by atoms with Gasteiger partial charge in [0, 0.05) is 0 Å². The highest BCUT2D eigenvalue weighted by atomic mass is 16.5. The largest absolute Gasteiger partial charge is 0.494 e. The summed E-state index contributed by atoms with van der Waals surface area (Å²) in [5, 5.41) is 17.3. The van der Waals surface area contributed by atoms with Gasteiger partial charge < -0.3 is 26.4 Å². The van der Waals surface area contributed by atoms with Crippen LogP contribution in [0.15, 0.2) is 24.3 Å². The number of nitrogens with two attached hydrogens (primary N) is 2. The van der Waals surface area contributed by atoms with Crippen molar-refractivity contribution in [3.8, 4) is 5.75 Å². The number of carboxylic acid groups (broad SMARTS) is 2. The third-order valence-corrected chi connectivity index (χ3v) is 4.88. The molecule has 0 spiro atoms. The van der Waals surface area contributed by atoms with Crippen molar-refractivity contribution in [1.29, 1.82) is 0 Å². The molecule has 1 aromatic carbocycles. The molecule has 0 amide bonds. The van der Waals surface area contributed by atoms with Crippen LogP contribution in [0, 0.1) is 5.41 Å². The maximum absolute atomic E-state index is 10.6. The maximum atomic E-state index is 10.6. The lowest BCUT2D eigenvalue weighted by Crippen LogP contribution is -2.34. The van der Waals surface area contributed by atoms with Crippen LogP contribution in [0.25, 0.3) is 0 Å². The van der Waals surface area contributed by atoms with Crippen LogP contribution in [0.5, 0.6) is 5.75 Å². The predicted octanol–water partition coefficient (Wildman–Crippen LogP) is 2.41. The number of carboxylic acids is 2. The first-order chi connectivity index (χ1) is 12.8. The van der Waals surface area contributed by atoms with E-state index in [1.165, 1.54) is 6.42 Å². The predicted molar refractivity (Wildman–Crippen MR) is 104 cm³/mol. The summed E-state index contributed by atoms with van der Waals surface area (Å²) in [5.41, 5.74) is 11.9. The quantitative estimate of drug-likeness (QED) is 0.543. The van der Waals surface area contributed by atoms with Gasteiger partial charge in [-0.3, -0.25) is 9.59 Å². The van der Waals surface area contributed by atoms with Gasteiger partial charge in [-0.15, -0.1) is 0 Å². The molecular formula is C20H32N2O5. The van der Waals surface area contributed by atoms with E-state index in [-0.39, 0.29) is 11.8 Å². The lowest BCUT2D eigenvalue weighted by Gasteiger charge is -2.34. The van der Waals surface area contributed by atoms with Gasteiger partial charge in [-0.2, -0.15) is 0 Å². The van der Waals surface area contributed by atoms with E-state index in [4.69, 9.17) is 26.4 Å². The van der Waals surface area contributed by atoms with E-state index >= 15 is 0 Å². The molecule has 0 aliphatic heterocycles. The summed E-state index contributed by atoms with van der Waals surface area (Å²) in [6, 6.07) is 6.44. The van der Waals surface area contributed by atoms with Gasteiger partial charge in [-0.25, -0.2) is 0 Å². The Bertz CT molecular complexity index is 583. The Morgan fingerprint density at radius 3 is 2.19 bits per heavy atom. The molecule has 7 heteroatoms. The van der Waals surface area contributed by atoms with Crippen LogP contribution in [0.2, 0.25) is 0 Å². The van der Waals surface area contributed by atoms with Gasteiger partial charge in [0.05, 0.1) is 13.0 Å². The van der Waals surface area contributed by atoms with Gasteiger partial charge in [0.25, 0.3) is 0 Å². The molecule has 0 aromatic heterocycles. The van der Waals surface area contributed by atoms with E-state index in [1.807, 2.05) is 31.2 Å². The van der Waals surface area contributed by atoms with Crippen molar-refractivity contribution in [2.75, 3.05) is 13.2 Å². The highest BCUT2D eigenvalue weighted by Gasteiger charge is 2.32. The normalized spacial score (nSPS) is 16.6. The Labute approximate surface area is 160 Å². The molecule has 1 fully saturated rings. The van der Waals surface area contributed by atoms with Gasteiger partial charge in [-0.1, -0.05) is 31.4 Å². The minimum Gasteiger partial charge on any atom is -0.494 e. The van der Waals surface area contributed by atoms with Gasteiger partial charge >= 0.3 is 11.9 Å². The number of benzene rings is 1. The number of rotatable bonds is 8. The van der Waals surface area contributed by atoms with Crippen molar-refractivity contribution in [1.82, 2.24) is 0 Å². The standard InChI is InChI=1S/C11H15NO3.C9H17NO2/c1-2-15-9-5-3-8(4-6-9)7-10(12)11(13)14;10-7-9(6-8(11)12)4-2-1-3-5-9/h3-6,10H,2,7,12H2,1H3,(H,13,14);1-7,10H2,(H,11,12)/t10-;/m0./s1. The molecule has 0 radical (unpaired) electrons. The SMILES string of the molecule is CCOc1ccc(C[C@H](N)C(=O)O)cc1.NCC1(CC(=O)O)CCCCC1. The minimum atomic E-state index is -0.983. The van der Waals surface area contributed by atoms with Gasteiger partial charge in [0.15, 0.2) is 0 Å². The topological polar surface area (TPSA) is 136 Å². The summed E-state index contributed by atoms with van der Waals surface area (Å²) >= 11 is 0. The molecule has 0 unspecified atom stereocenters. The highest BCUT2D eigenvalue weighted by Crippen LogP contribution is 2.38. The first-order valence-electron chi connectivity index (χ1n) is 9.44. The van der Waals surface area contributed by atoms with Gasteiger partial charge in [-0.05, 0) is 55.8 Å². The molecular weight excluding hydrogens is 348 g/mol. The average Bonchev–Trinajstić information content (AvgIpc) is 2.64. The Balaban J connectivity index is 0.000000277. The molecule has 7 nitrogen and oxygen atoms in total. The van der Waals surface area contributed by atoms with Crippen LogP contribution in [-0.2, 0) is 16.0 Å². The third kappa shape index (κ3) is 8.41. The van der Waals surface area contributed by atoms with Crippen LogP contribution < -0.4 is 16.2 Å². The van der Waals surface area contributed by atoms with E-state index in [2.05, 4.69) is 0 Å². The van der Waals surface area contributed by atoms with Crippen LogP contribution >= 0.6 is 0 Å². The maximum Gasteiger partial charge on any atom is 0.320 e. The monoisotopic (exact) mass is 380 g/mol. The number of hydrogen-bond acceptors (Lipinski definition) is 5. The number of hydrogen-bond donors (Lipinski definition) is 4. The fourth-order valence-electron chi connectivity index (χ4n) is 3.31. The molecule has 0 saturated heterocycles. The van der Waals surface area contributed by atoms with Crippen molar-refractivity contribution in [3.05, 3.63) is 29.8 Å².